The number of benzene rings is 3. The number of hydrogen-bond donors (Lipinski definition) is 2. The predicted molar refractivity (Wildman–Crippen MR) is 146 cm³/mol. The van der Waals surface area contributed by atoms with E-state index in [0.29, 0.717) is 5.75 Å². The Hall–Kier alpha value is -3.80. The molecule has 0 saturated carbocycles. The lowest BCUT2D eigenvalue weighted by atomic mass is 10.0. The van der Waals surface area contributed by atoms with Gasteiger partial charge in [0.05, 0.1) is 11.0 Å². The van der Waals surface area contributed by atoms with Crippen LogP contribution in [-0.2, 0) is 13.0 Å². The van der Waals surface area contributed by atoms with Crippen LogP contribution in [-0.4, -0.2) is 27.4 Å². The number of aromatic nitrogens is 2. The minimum Gasteiger partial charge on any atom is -0.449 e. The summed E-state index contributed by atoms with van der Waals surface area (Å²) in [5, 5.41) is 12.6. The number of fused-ring (bicyclic) bond motifs is 1. The zero-order chi connectivity index (χ0) is 25.3. The van der Waals surface area contributed by atoms with Gasteiger partial charge in [0, 0.05) is 30.8 Å². The lowest BCUT2D eigenvalue weighted by molar-refractivity contribution is 0.144. The van der Waals surface area contributed by atoms with Gasteiger partial charge in [0.25, 0.3) is 0 Å². The molecule has 1 aromatic heterocycles. The number of carboxylic acid groups (broad SMARTS) is 1. The minimum absolute atomic E-state index is 0.333. The second-order valence-corrected chi connectivity index (χ2v) is 9.12. The van der Waals surface area contributed by atoms with Crippen LogP contribution in [0.1, 0.15) is 57.3 Å². The third-order valence-corrected chi connectivity index (χ3v) is 6.38. The molecule has 0 saturated heterocycles. The van der Waals surface area contributed by atoms with Gasteiger partial charge >= 0.3 is 6.16 Å². The standard InChI is InChI=1S/C30H35N3O3/c1-3-5-9-19-31-24-17-18-26-27(20-24)33(29(32-26)12-6-4-2)21-22-13-15-23(16-14-22)25-10-7-8-11-28(25)36-30(34)35/h7-8,10-11,13-18,20,31H,3-6,9,12,19,21H2,1-2H3,(H,34,35). The summed E-state index contributed by atoms with van der Waals surface area (Å²) < 4.78 is 7.30. The lowest BCUT2D eigenvalue weighted by Crippen LogP contribution is -2.06. The zero-order valence-corrected chi connectivity index (χ0v) is 21.2. The molecule has 0 aliphatic carbocycles. The first-order valence-electron chi connectivity index (χ1n) is 12.9. The molecule has 6 heteroatoms. The Labute approximate surface area is 212 Å². The van der Waals surface area contributed by atoms with Gasteiger partial charge in [-0.05, 0) is 48.2 Å². The number of ether oxygens (including phenoxy) is 1. The first-order chi connectivity index (χ1) is 17.6. The van der Waals surface area contributed by atoms with E-state index in [1.54, 1.807) is 12.1 Å². The van der Waals surface area contributed by atoms with Crippen molar-refractivity contribution in [3.8, 4) is 16.9 Å². The van der Waals surface area contributed by atoms with E-state index in [0.717, 1.165) is 71.6 Å². The monoisotopic (exact) mass is 485 g/mol. The molecule has 4 rings (SSSR count). The molecule has 0 bridgehead atoms. The van der Waals surface area contributed by atoms with Crippen LogP contribution in [0.5, 0.6) is 5.75 Å². The number of anilines is 1. The highest BCUT2D eigenvalue weighted by molar-refractivity contribution is 5.80. The van der Waals surface area contributed by atoms with Gasteiger partial charge in [-0.15, -0.1) is 0 Å². The summed E-state index contributed by atoms with van der Waals surface area (Å²) in [7, 11) is 0. The van der Waals surface area contributed by atoms with Crippen molar-refractivity contribution in [1.82, 2.24) is 9.55 Å². The third kappa shape index (κ3) is 6.25. The van der Waals surface area contributed by atoms with Crippen LogP contribution in [0.3, 0.4) is 0 Å². The molecule has 0 atom stereocenters. The molecular weight excluding hydrogens is 450 g/mol. The summed E-state index contributed by atoms with van der Waals surface area (Å²) in [5.41, 5.74) is 6.13. The first-order valence-corrected chi connectivity index (χ1v) is 12.9. The Morgan fingerprint density at radius 1 is 0.972 bits per heavy atom. The Morgan fingerprint density at radius 3 is 2.50 bits per heavy atom. The minimum atomic E-state index is -1.31. The van der Waals surface area contributed by atoms with E-state index in [1.165, 1.54) is 19.3 Å². The van der Waals surface area contributed by atoms with Crippen molar-refractivity contribution >= 4 is 22.9 Å². The van der Waals surface area contributed by atoms with Crippen molar-refractivity contribution < 1.29 is 14.6 Å². The maximum absolute atomic E-state index is 11.1. The van der Waals surface area contributed by atoms with Crippen LogP contribution in [0.2, 0.25) is 0 Å². The van der Waals surface area contributed by atoms with E-state index < -0.39 is 6.16 Å². The fourth-order valence-electron chi connectivity index (χ4n) is 4.45. The van der Waals surface area contributed by atoms with Crippen molar-refractivity contribution in [3.63, 3.8) is 0 Å². The normalized spacial score (nSPS) is 11.1. The molecule has 0 aliphatic heterocycles. The van der Waals surface area contributed by atoms with E-state index >= 15 is 0 Å². The van der Waals surface area contributed by atoms with Gasteiger partial charge in [-0.3, -0.25) is 0 Å². The molecule has 0 spiro atoms. The van der Waals surface area contributed by atoms with E-state index in [2.05, 4.69) is 54.1 Å². The summed E-state index contributed by atoms with van der Waals surface area (Å²) in [6.07, 6.45) is 5.47. The molecule has 6 nitrogen and oxygen atoms in total. The van der Waals surface area contributed by atoms with Gasteiger partial charge < -0.3 is 19.7 Å². The highest BCUT2D eigenvalue weighted by Crippen LogP contribution is 2.30. The Kier molecular flexibility index (Phi) is 8.61. The molecule has 4 aromatic rings. The average molecular weight is 486 g/mol. The zero-order valence-electron chi connectivity index (χ0n) is 21.2. The van der Waals surface area contributed by atoms with Gasteiger partial charge in [0.2, 0.25) is 0 Å². The number of nitrogens with zero attached hydrogens (tertiary/aromatic N) is 2. The largest absolute Gasteiger partial charge is 0.511 e. The smallest absolute Gasteiger partial charge is 0.449 e. The van der Waals surface area contributed by atoms with Crippen molar-refractivity contribution in [2.45, 2.75) is 58.9 Å². The number of aryl methyl sites for hydroxylation is 1. The lowest BCUT2D eigenvalue weighted by Gasteiger charge is -2.12. The maximum atomic E-state index is 11.1. The van der Waals surface area contributed by atoms with Crippen molar-refractivity contribution in [2.75, 3.05) is 11.9 Å². The summed E-state index contributed by atoms with van der Waals surface area (Å²) in [5.74, 6) is 1.44. The number of unbranched alkanes of at least 4 members (excludes halogenated alkanes) is 3. The van der Waals surface area contributed by atoms with Crippen molar-refractivity contribution in [3.05, 3.63) is 78.1 Å². The van der Waals surface area contributed by atoms with Gasteiger partial charge in [-0.2, -0.15) is 0 Å². The second kappa shape index (κ2) is 12.2. The maximum Gasteiger partial charge on any atom is 0.511 e. The summed E-state index contributed by atoms with van der Waals surface area (Å²) in [6.45, 7) is 6.13. The molecular formula is C30H35N3O3. The van der Waals surface area contributed by atoms with E-state index in [1.807, 2.05) is 24.3 Å². The van der Waals surface area contributed by atoms with E-state index in [9.17, 15) is 4.79 Å². The van der Waals surface area contributed by atoms with Crippen LogP contribution in [0.4, 0.5) is 10.5 Å². The van der Waals surface area contributed by atoms with Crippen LogP contribution >= 0.6 is 0 Å². The number of rotatable bonds is 12. The number of nitrogens with one attached hydrogen (secondary N) is 1. The van der Waals surface area contributed by atoms with Gasteiger partial charge in [0.1, 0.15) is 11.6 Å². The number of hydrogen-bond acceptors (Lipinski definition) is 4. The Morgan fingerprint density at radius 2 is 1.75 bits per heavy atom. The quantitative estimate of drug-likeness (QED) is 0.122. The van der Waals surface area contributed by atoms with Crippen LogP contribution in [0.25, 0.3) is 22.2 Å². The number of para-hydroxylation sites is 1. The molecule has 0 fully saturated rings. The molecule has 0 aliphatic rings. The van der Waals surface area contributed by atoms with Crippen LogP contribution in [0.15, 0.2) is 66.7 Å². The Bertz CT molecular complexity index is 1290. The van der Waals surface area contributed by atoms with Crippen molar-refractivity contribution in [1.29, 1.82) is 0 Å². The fourth-order valence-corrected chi connectivity index (χ4v) is 4.45. The van der Waals surface area contributed by atoms with E-state index in [4.69, 9.17) is 14.8 Å². The summed E-state index contributed by atoms with van der Waals surface area (Å²) >= 11 is 0. The van der Waals surface area contributed by atoms with Crippen LogP contribution in [0, 0.1) is 0 Å². The van der Waals surface area contributed by atoms with Crippen LogP contribution < -0.4 is 10.1 Å². The molecule has 0 radical (unpaired) electrons. The molecule has 0 unspecified atom stereocenters. The molecule has 1 heterocycles. The number of imidazole rings is 1. The van der Waals surface area contributed by atoms with Gasteiger partial charge in [0.15, 0.2) is 0 Å². The highest BCUT2D eigenvalue weighted by atomic mass is 16.7. The molecule has 36 heavy (non-hydrogen) atoms. The highest BCUT2D eigenvalue weighted by Gasteiger charge is 2.13. The van der Waals surface area contributed by atoms with Crippen molar-refractivity contribution in [2.24, 2.45) is 0 Å². The van der Waals surface area contributed by atoms with E-state index in [-0.39, 0.29) is 0 Å². The third-order valence-electron chi connectivity index (χ3n) is 6.38. The van der Waals surface area contributed by atoms with Gasteiger partial charge in [-0.1, -0.05) is 75.6 Å². The molecule has 3 aromatic carbocycles. The average Bonchev–Trinajstić information content (AvgIpc) is 3.22. The number of carbonyl (C=O) groups is 1. The summed E-state index contributed by atoms with van der Waals surface area (Å²) in [4.78, 5) is 16.0. The summed E-state index contributed by atoms with van der Waals surface area (Å²) in [6, 6.07) is 21.9. The predicted octanol–water partition coefficient (Wildman–Crippen LogP) is 7.75. The SMILES string of the molecule is CCCCCNc1ccc2nc(CCCC)n(Cc3ccc(-c4ccccc4OC(=O)O)cc3)c2c1. The Balaban J connectivity index is 1.60. The molecule has 2 N–H and O–H groups in total. The topological polar surface area (TPSA) is 76.4 Å². The fraction of sp³-hybridized carbons (Fsp3) is 0.333. The molecule has 188 valence electrons. The van der Waals surface area contributed by atoms with Gasteiger partial charge in [-0.25, -0.2) is 9.78 Å². The molecule has 0 amide bonds. The first kappa shape index (κ1) is 25.3. The second-order valence-electron chi connectivity index (χ2n) is 9.12.